The summed E-state index contributed by atoms with van der Waals surface area (Å²) in [7, 11) is 2.18. The fourth-order valence-electron chi connectivity index (χ4n) is 7.98. The van der Waals surface area contributed by atoms with Crippen LogP contribution < -0.4 is 13.7 Å². The SMILES string of the molecule is Cc1ccc(-c2c(C(=C3c4ccccc4-c4cccc(C)[n+]43)[n+]3c(C)cccc3-c3ccccc3C)ccc3c2sc2ccccc23)[n+](C)c1. The highest BCUT2D eigenvalue weighted by atomic mass is 32.1. The predicted molar refractivity (Wildman–Crippen MR) is 207 cm³/mol. The van der Waals surface area contributed by atoms with Crippen molar-refractivity contribution in [2.45, 2.75) is 27.7 Å². The number of aryl methyl sites for hydroxylation is 5. The summed E-state index contributed by atoms with van der Waals surface area (Å²) in [6.45, 7) is 8.86. The quantitative estimate of drug-likeness (QED) is 0.166. The van der Waals surface area contributed by atoms with E-state index in [1.807, 2.05) is 11.3 Å². The van der Waals surface area contributed by atoms with Gasteiger partial charge in [-0.25, -0.2) is 4.57 Å². The minimum Gasteiger partial charge on any atom is -0.201 e. The Morgan fingerprint density at radius 2 is 1.24 bits per heavy atom. The van der Waals surface area contributed by atoms with Crippen LogP contribution in [0.2, 0.25) is 0 Å². The molecule has 0 aliphatic carbocycles. The van der Waals surface area contributed by atoms with E-state index >= 15 is 0 Å². The summed E-state index contributed by atoms with van der Waals surface area (Å²) >= 11 is 1.89. The first-order valence-corrected chi connectivity index (χ1v) is 18.1. The van der Waals surface area contributed by atoms with Crippen LogP contribution in [-0.2, 0) is 7.05 Å². The topological polar surface area (TPSA) is 11.6 Å². The smallest absolute Gasteiger partial charge is 0.201 e. The number of pyridine rings is 3. The molecule has 240 valence electrons. The highest BCUT2D eigenvalue weighted by Gasteiger charge is 2.43. The molecule has 0 atom stereocenters. The maximum Gasteiger partial charge on any atom is 0.292 e. The van der Waals surface area contributed by atoms with E-state index in [1.165, 1.54) is 99.0 Å². The second kappa shape index (κ2) is 11.7. The molecule has 0 bridgehead atoms. The van der Waals surface area contributed by atoms with Gasteiger partial charge in [0.05, 0.1) is 27.0 Å². The third-order valence-electron chi connectivity index (χ3n) is 10.3. The Labute approximate surface area is 297 Å². The van der Waals surface area contributed by atoms with Gasteiger partial charge in [-0.2, -0.15) is 9.13 Å². The lowest BCUT2D eigenvalue weighted by atomic mass is 9.93. The molecule has 0 N–H and O–H groups in total. The molecule has 4 aromatic heterocycles. The molecule has 4 aromatic carbocycles. The molecule has 9 rings (SSSR count). The Morgan fingerprint density at radius 1 is 0.540 bits per heavy atom. The molecule has 0 saturated heterocycles. The van der Waals surface area contributed by atoms with Gasteiger partial charge in [0.1, 0.15) is 7.05 Å². The molecule has 5 heterocycles. The Hall–Kier alpha value is -5.71. The van der Waals surface area contributed by atoms with Crippen molar-refractivity contribution in [1.82, 2.24) is 0 Å². The fourth-order valence-corrected chi connectivity index (χ4v) is 9.24. The Kier molecular flexibility index (Phi) is 7.11. The van der Waals surface area contributed by atoms with Gasteiger partial charge in [0.25, 0.3) is 11.4 Å². The van der Waals surface area contributed by atoms with E-state index in [9.17, 15) is 0 Å². The summed E-state index contributed by atoms with van der Waals surface area (Å²) in [5, 5.41) is 2.59. The molecular formula is C46H38N3S+3. The van der Waals surface area contributed by atoms with Crippen molar-refractivity contribution in [1.29, 1.82) is 0 Å². The Morgan fingerprint density at radius 3 is 2.04 bits per heavy atom. The number of rotatable bonds is 4. The zero-order valence-corrected chi connectivity index (χ0v) is 29.8. The summed E-state index contributed by atoms with van der Waals surface area (Å²) in [6, 6.07) is 49.2. The summed E-state index contributed by atoms with van der Waals surface area (Å²) in [5.41, 5.74) is 16.9. The van der Waals surface area contributed by atoms with E-state index < -0.39 is 0 Å². The number of aromatic nitrogens is 3. The molecule has 4 heteroatoms. The van der Waals surface area contributed by atoms with Crippen molar-refractivity contribution in [3.05, 3.63) is 173 Å². The van der Waals surface area contributed by atoms with Crippen molar-refractivity contribution in [3.8, 4) is 33.8 Å². The molecule has 0 spiro atoms. The van der Waals surface area contributed by atoms with Gasteiger partial charge in [-0.1, -0.05) is 54.6 Å². The summed E-state index contributed by atoms with van der Waals surface area (Å²) < 4.78 is 9.91. The number of hydrogen-bond donors (Lipinski definition) is 0. The van der Waals surface area contributed by atoms with Crippen molar-refractivity contribution in [2.75, 3.05) is 0 Å². The first kappa shape index (κ1) is 30.4. The van der Waals surface area contributed by atoms with Crippen molar-refractivity contribution < 1.29 is 13.7 Å². The number of nitrogens with zero attached hydrogens (tertiary/aromatic N) is 3. The van der Waals surface area contributed by atoms with Crippen LogP contribution in [0.15, 0.2) is 140 Å². The van der Waals surface area contributed by atoms with Gasteiger partial charge in [0, 0.05) is 70.8 Å². The van der Waals surface area contributed by atoms with Crippen LogP contribution in [0.3, 0.4) is 0 Å². The summed E-state index contributed by atoms with van der Waals surface area (Å²) in [4.78, 5) is 0. The molecule has 0 fully saturated rings. The van der Waals surface area contributed by atoms with E-state index in [4.69, 9.17) is 0 Å². The lowest BCUT2D eigenvalue weighted by Gasteiger charge is -2.15. The van der Waals surface area contributed by atoms with Gasteiger partial charge in [0.15, 0.2) is 17.6 Å². The van der Waals surface area contributed by atoms with Crippen LogP contribution in [0.4, 0.5) is 0 Å². The maximum atomic E-state index is 2.52. The first-order valence-electron chi connectivity index (χ1n) is 17.3. The van der Waals surface area contributed by atoms with Gasteiger partial charge >= 0.3 is 0 Å². The van der Waals surface area contributed by atoms with Gasteiger partial charge in [-0.15, -0.1) is 11.3 Å². The zero-order chi connectivity index (χ0) is 34.1. The Bertz CT molecular complexity index is 2710. The summed E-state index contributed by atoms with van der Waals surface area (Å²) in [5.74, 6) is 0. The minimum atomic E-state index is 1.17. The maximum absolute atomic E-state index is 2.52. The molecule has 0 amide bonds. The highest BCUT2D eigenvalue weighted by molar-refractivity contribution is 7.26. The summed E-state index contributed by atoms with van der Waals surface area (Å²) in [6.07, 6.45) is 2.25. The lowest BCUT2D eigenvalue weighted by molar-refractivity contribution is -0.660. The van der Waals surface area contributed by atoms with Crippen molar-refractivity contribution in [2.24, 2.45) is 7.05 Å². The van der Waals surface area contributed by atoms with Crippen molar-refractivity contribution >= 4 is 42.9 Å². The van der Waals surface area contributed by atoms with E-state index in [0.29, 0.717) is 0 Å². The molecule has 0 unspecified atom stereocenters. The first-order chi connectivity index (χ1) is 24.4. The second-order valence-corrected chi connectivity index (χ2v) is 14.6. The van der Waals surface area contributed by atoms with Crippen LogP contribution >= 0.6 is 11.3 Å². The third-order valence-corrected chi connectivity index (χ3v) is 11.5. The minimum absolute atomic E-state index is 1.17. The fraction of sp³-hybridized carbons (Fsp3) is 0.109. The molecule has 0 saturated carbocycles. The molecular weight excluding hydrogens is 627 g/mol. The van der Waals surface area contributed by atoms with Gasteiger partial charge < -0.3 is 0 Å². The lowest BCUT2D eigenvalue weighted by Crippen LogP contribution is -2.45. The molecule has 8 aromatic rings. The standard InChI is InChI=1S/C46H38N3S/c1-29-24-27-41(47(5)28-29)43-38(26-25-37-35-19-10-11-23-42(35)50-46(37)43)45(48-31(3)15-12-21-39(48)33-17-7-6-14-30(33)2)44-36-20-9-8-18-34(36)40-22-13-16-32(4)49(40)44/h6-28H,1-5H3/q+3. The molecule has 1 aliphatic heterocycles. The van der Waals surface area contributed by atoms with E-state index in [-0.39, 0.29) is 0 Å². The highest BCUT2D eigenvalue weighted by Crippen LogP contribution is 2.45. The number of fused-ring (bicyclic) bond motifs is 6. The molecule has 1 aliphatic rings. The average molecular weight is 665 g/mol. The zero-order valence-electron chi connectivity index (χ0n) is 29.0. The molecule has 0 radical (unpaired) electrons. The number of thiophene rings is 1. The van der Waals surface area contributed by atoms with Crippen LogP contribution in [0, 0.1) is 27.7 Å². The van der Waals surface area contributed by atoms with Crippen LogP contribution in [0.1, 0.15) is 33.6 Å². The molecule has 3 nitrogen and oxygen atoms in total. The van der Waals surface area contributed by atoms with E-state index in [0.717, 1.165) is 0 Å². The van der Waals surface area contributed by atoms with Crippen molar-refractivity contribution in [3.63, 3.8) is 0 Å². The monoisotopic (exact) mass is 664 g/mol. The number of benzene rings is 4. The van der Waals surface area contributed by atoms with Gasteiger partial charge in [-0.3, -0.25) is 0 Å². The van der Waals surface area contributed by atoms with Crippen LogP contribution in [0.5, 0.6) is 0 Å². The van der Waals surface area contributed by atoms with E-state index in [2.05, 4.69) is 188 Å². The predicted octanol–water partition coefficient (Wildman–Crippen LogP) is 9.92. The second-order valence-electron chi connectivity index (χ2n) is 13.5. The number of hydrogen-bond acceptors (Lipinski definition) is 1. The largest absolute Gasteiger partial charge is 0.292 e. The van der Waals surface area contributed by atoms with Gasteiger partial charge in [0.2, 0.25) is 17.1 Å². The normalized spacial score (nSPS) is 13.1. The molecule has 50 heavy (non-hydrogen) atoms. The van der Waals surface area contributed by atoms with E-state index in [1.54, 1.807) is 0 Å². The Balaban J connectivity index is 1.54. The van der Waals surface area contributed by atoms with Gasteiger partial charge in [-0.05, 0) is 67.9 Å². The average Bonchev–Trinajstić information content (AvgIpc) is 3.67. The van der Waals surface area contributed by atoms with Crippen LogP contribution in [0.25, 0.3) is 65.3 Å². The van der Waals surface area contributed by atoms with Crippen LogP contribution in [-0.4, -0.2) is 0 Å². The third kappa shape index (κ3) is 4.59.